The molecule has 1 aliphatic heterocycles. The van der Waals surface area contributed by atoms with E-state index in [1.54, 1.807) is 18.9 Å². The van der Waals surface area contributed by atoms with E-state index in [1.165, 1.54) is 0 Å². The summed E-state index contributed by atoms with van der Waals surface area (Å²) in [5.74, 6) is 0.639. The number of carboxylic acids is 1. The van der Waals surface area contributed by atoms with Crippen molar-refractivity contribution in [2.45, 2.75) is 37.5 Å². The number of rotatable bonds is 2. The first-order chi connectivity index (χ1) is 8.56. The third-order valence-electron chi connectivity index (χ3n) is 3.56. The van der Waals surface area contributed by atoms with Gasteiger partial charge in [-0.25, -0.2) is 0 Å². The summed E-state index contributed by atoms with van der Waals surface area (Å²) in [6.07, 6.45) is 1.64. The van der Waals surface area contributed by atoms with Crippen LogP contribution in [0, 0.1) is 13.8 Å². The lowest BCUT2D eigenvalue weighted by Gasteiger charge is -2.20. The molecule has 1 atom stereocenters. The van der Waals surface area contributed by atoms with Crippen molar-refractivity contribution in [1.82, 2.24) is 0 Å². The monoisotopic (exact) mass is 266 g/mol. The molecule has 1 N–H and O–H groups in total. The molecule has 0 saturated heterocycles. The number of carboxylic acid groups (broad SMARTS) is 1. The molecular formula is C14H18O3S. The van der Waals surface area contributed by atoms with Crippen LogP contribution in [0.25, 0.3) is 0 Å². The third-order valence-corrected chi connectivity index (χ3v) is 4.76. The summed E-state index contributed by atoms with van der Waals surface area (Å²) >= 11 is 1.72. The van der Waals surface area contributed by atoms with Gasteiger partial charge in [0.2, 0.25) is 0 Å². The molecule has 0 saturated carbocycles. The maximum atomic E-state index is 11.5. The maximum Gasteiger partial charge on any atom is 0.311 e. The molecule has 18 heavy (non-hydrogen) atoms. The minimum absolute atomic E-state index is 0.399. The topological polar surface area (TPSA) is 46.5 Å². The summed E-state index contributed by atoms with van der Waals surface area (Å²) in [6, 6.07) is 2.01. The highest BCUT2D eigenvalue weighted by Gasteiger charge is 2.29. The van der Waals surface area contributed by atoms with Crippen LogP contribution < -0.4 is 4.74 Å². The largest absolute Gasteiger partial charge is 0.496 e. The van der Waals surface area contributed by atoms with Gasteiger partial charge in [0.05, 0.1) is 17.9 Å². The second-order valence-corrected chi connectivity index (χ2v) is 5.75. The Labute approximate surface area is 112 Å². The molecule has 1 heterocycles. The number of ether oxygens (including phenoxy) is 1. The average molecular weight is 266 g/mol. The molecule has 4 heteroatoms. The van der Waals surface area contributed by atoms with E-state index < -0.39 is 11.9 Å². The minimum atomic E-state index is -0.727. The fraction of sp³-hybridized carbons (Fsp3) is 0.500. The summed E-state index contributed by atoms with van der Waals surface area (Å²) in [7, 11) is 1.64. The Hall–Kier alpha value is -1.16. The predicted molar refractivity (Wildman–Crippen MR) is 72.8 cm³/mol. The molecule has 1 aromatic carbocycles. The smallest absolute Gasteiger partial charge is 0.311 e. The fourth-order valence-corrected chi connectivity index (χ4v) is 3.71. The lowest BCUT2D eigenvalue weighted by Crippen LogP contribution is -2.14. The number of hydrogen-bond donors (Lipinski definition) is 1. The second kappa shape index (κ2) is 5.22. The Bertz CT molecular complexity index is 482. The molecule has 2 rings (SSSR count). The molecule has 3 nitrogen and oxygen atoms in total. The normalized spacial score (nSPS) is 18.9. The van der Waals surface area contributed by atoms with Gasteiger partial charge >= 0.3 is 5.97 Å². The molecule has 0 radical (unpaired) electrons. The van der Waals surface area contributed by atoms with Crippen molar-refractivity contribution in [2.24, 2.45) is 0 Å². The first-order valence-electron chi connectivity index (χ1n) is 6.10. The highest BCUT2D eigenvalue weighted by Crippen LogP contribution is 2.44. The highest BCUT2D eigenvalue weighted by molar-refractivity contribution is 7.99. The van der Waals surface area contributed by atoms with Gasteiger partial charge in [0.1, 0.15) is 5.75 Å². The predicted octanol–water partition coefficient (Wildman–Crippen LogP) is 3.37. The number of thioether (sulfide) groups is 1. The Morgan fingerprint density at radius 2 is 2.22 bits per heavy atom. The van der Waals surface area contributed by atoms with Gasteiger partial charge in [0.25, 0.3) is 0 Å². The van der Waals surface area contributed by atoms with Crippen LogP contribution in [0.4, 0.5) is 0 Å². The number of benzene rings is 1. The summed E-state index contributed by atoms with van der Waals surface area (Å²) in [5.41, 5.74) is 3.15. The fourth-order valence-electron chi connectivity index (χ4n) is 2.46. The summed E-state index contributed by atoms with van der Waals surface area (Å²) in [6.45, 7) is 4.02. The average Bonchev–Trinajstić information content (AvgIpc) is 2.56. The molecule has 0 amide bonds. The molecule has 1 aromatic rings. The van der Waals surface area contributed by atoms with Crippen molar-refractivity contribution in [3.8, 4) is 5.75 Å². The Balaban J connectivity index is 2.68. The molecule has 1 unspecified atom stereocenters. The summed E-state index contributed by atoms with van der Waals surface area (Å²) in [4.78, 5) is 12.5. The highest BCUT2D eigenvalue weighted by atomic mass is 32.2. The molecule has 1 aliphatic rings. The van der Waals surface area contributed by atoms with Crippen molar-refractivity contribution >= 4 is 17.7 Å². The summed E-state index contributed by atoms with van der Waals surface area (Å²) in [5, 5.41) is 9.44. The molecule has 0 spiro atoms. The zero-order valence-electron chi connectivity index (χ0n) is 10.9. The number of aliphatic carboxylic acids is 1. The second-order valence-electron chi connectivity index (χ2n) is 4.65. The molecule has 98 valence electrons. The number of aryl methyl sites for hydroxylation is 1. The van der Waals surface area contributed by atoms with Crippen LogP contribution in [0.15, 0.2) is 11.0 Å². The van der Waals surface area contributed by atoms with Crippen LogP contribution in [-0.2, 0) is 4.79 Å². The van der Waals surface area contributed by atoms with Crippen LogP contribution in [0.3, 0.4) is 0 Å². The van der Waals surface area contributed by atoms with Gasteiger partial charge in [-0.2, -0.15) is 0 Å². The first-order valence-corrected chi connectivity index (χ1v) is 7.08. The van der Waals surface area contributed by atoms with Crippen molar-refractivity contribution in [3.63, 3.8) is 0 Å². The van der Waals surface area contributed by atoms with Crippen molar-refractivity contribution < 1.29 is 14.6 Å². The zero-order chi connectivity index (χ0) is 13.3. The number of carbonyl (C=O) groups is 1. The number of hydrogen-bond acceptors (Lipinski definition) is 3. The van der Waals surface area contributed by atoms with Crippen molar-refractivity contribution in [3.05, 3.63) is 22.8 Å². The van der Waals surface area contributed by atoms with E-state index in [2.05, 4.69) is 0 Å². The Morgan fingerprint density at radius 1 is 1.50 bits per heavy atom. The Morgan fingerprint density at radius 3 is 2.83 bits per heavy atom. The lowest BCUT2D eigenvalue weighted by molar-refractivity contribution is -0.139. The molecule has 0 aromatic heterocycles. The van der Waals surface area contributed by atoms with E-state index in [0.717, 1.165) is 39.5 Å². The van der Waals surface area contributed by atoms with Crippen LogP contribution in [0.2, 0.25) is 0 Å². The van der Waals surface area contributed by atoms with Crippen LogP contribution >= 0.6 is 11.8 Å². The van der Waals surface area contributed by atoms with E-state index in [9.17, 15) is 9.90 Å². The van der Waals surface area contributed by atoms with E-state index in [4.69, 9.17) is 4.74 Å². The van der Waals surface area contributed by atoms with Crippen LogP contribution in [0.5, 0.6) is 5.75 Å². The molecule has 0 bridgehead atoms. The van der Waals surface area contributed by atoms with E-state index in [1.807, 2.05) is 19.9 Å². The van der Waals surface area contributed by atoms with Gasteiger partial charge in [-0.15, -0.1) is 11.8 Å². The number of methoxy groups -OCH3 is 1. The zero-order valence-corrected chi connectivity index (χ0v) is 11.8. The van der Waals surface area contributed by atoms with Crippen molar-refractivity contribution in [2.75, 3.05) is 12.9 Å². The van der Waals surface area contributed by atoms with Gasteiger partial charge in [-0.3, -0.25) is 4.79 Å². The van der Waals surface area contributed by atoms with Gasteiger partial charge in [0.15, 0.2) is 0 Å². The Kier molecular flexibility index (Phi) is 3.85. The lowest BCUT2D eigenvalue weighted by atomic mass is 9.89. The third kappa shape index (κ3) is 2.21. The van der Waals surface area contributed by atoms with Gasteiger partial charge in [-0.05, 0) is 55.2 Å². The molecule has 0 fully saturated rings. The van der Waals surface area contributed by atoms with Gasteiger partial charge in [0, 0.05) is 0 Å². The summed E-state index contributed by atoms with van der Waals surface area (Å²) < 4.78 is 5.42. The van der Waals surface area contributed by atoms with Gasteiger partial charge < -0.3 is 9.84 Å². The van der Waals surface area contributed by atoms with E-state index in [-0.39, 0.29) is 0 Å². The van der Waals surface area contributed by atoms with Gasteiger partial charge in [-0.1, -0.05) is 0 Å². The minimum Gasteiger partial charge on any atom is -0.496 e. The quantitative estimate of drug-likeness (QED) is 0.891. The standard InChI is InChI=1S/C14H18O3S/c1-8-7-11(17-3)13-12(9(8)2)10(14(15)16)5-4-6-18-13/h7,10H,4-6H2,1-3H3,(H,15,16). The maximum absolute atomic E-state index is 11.5. The first kappa shape index (κ1) is 13.3. The van der Waals surface area contributed by atoms with Crippen molar-refractivity contribution in [1.29, 1.82) is 0 Å². The van der Waals surface area contributed by atoms with Crippen LogP contribution in [-0.4, -0.2) is 23.9 Å². The van der Waals surface area contributed by atoms with E-state index in [0.29, 0.717) is 6.42 Å². The molecular weight excluding hydrogens is 248 g/mol. The molecule has 0 aliphatic carbocycles. The number of fused-ring (bicyclic) bond motifs is 1. The SMILES string of the molecule is COc1cc(C)c(C)c2c1SCCCC2C(=O)O. The van der Waals surface area contributed by atoms with E-state index >= 15 is 0 Å². The van der Waals surface area contributed by atoms with Crippen LogP contribution in [0.1, 0.15) is 35.4 Å².